The topological polar surface area (TPSA) is 356 Å². The number of para-hydroxylation sites is 2. The fourth-order valence-corrected chi connectivity index (χ4v) is 12.0. The first kappa shape index (κ1) is 72.4. The summed E-state index contributed by atoms with van der Waals surface area (Å²) in [4.78, 5) is -1.42. The van der Waals surface area contributed by atoms with E-state index in [4.69, 9.17) is 0 Å². The van der Waals surface area contributed by atoms with Crippen LogP contribution in [0, 0.1) is 34.6 Å². The van der Waals surface area contributed by atoms with Gasteiger partial charge in [-0.15, -0.1) is 10.2 Å². The van der Waals surface area contributed by atoms with E-state index in [1.807, 2.05) is 98.8 Å². The Morgan fingerprint density at radius 3 is 1.10 bits per heavy atom. The molecule has 0 aliphatic carbocycles. The number of fused-ring (bicyclic) bond motifs is 2. The summed E-state index contributed by atoms with van der Waals surface area (Å²) < 4.78 is 100. The molecule has 10 aromatic carbocycles. The number of aliphatic hydroxyl groups excluding tert-OH is 2. The summed E-state index contributed by atoms with van der Waals surface area (Å²) >= 11 is 0. The van der Waals surface area contributed by atoms with Crippen LogP contribution >= 0.6 is 0 Å². The molecule has 0 spiro atoms. The van der Waals surface area contributed by atoms with Gasteiger partial charge < -0.3 is 40.2 Å². The molecule has 0 aliphatic rings. The van der Waals surface area contributed by atoms with Crippen molar-refractivity contribution in [1.29, 1.82) is 0 Å². The molecule has 10 aromatic rings. The van der Waals surface area contributed by atoms with Gasteiger partial charge in [-0.2, -0.15) is 35.0 Å². The van der Waals surface area contributed by atoms with Crippen molar-refractivity contribution >= 4 is 120 Å². The molecule has 0 unspecified atom stereocenters. The molecule has 0 bridgehead atoms. The monoisotopic (exact) mass is 1330 g/mol. The second kappa shape index (κ2) is 31.7. The van der Waals surface area contributed by atoms with Crippen LogP contribution in [0.25, 0.3) is 21.5 Å². The van der Waals surface area contributed by atoms with Gasteiger partial charge in [0.15, 0.2) is 11.5 Å². The van der Waals surface area contributed by atoms with Gasteiger partial charge in [0, 0.05) is 46.6 Å². The summed E-state index contributed by atoms with van der Waals surface area (Å²) in [5.74, 6) is -0.968. The van der Waals surface area contributed by atoms with Crippen LogP contribution in [0.1, 0.15) is 27.8 Å². The fraction of sp³-hybridized carbons (Fsp3) is 0.138. The molecule has 0 saturated heterocycles. The predicted octanol–water partition coefficient (Wildman–Crippen LogP) is 9.57. The van der Waals surface area contributed by atoms with Gasteiger partial charge >= 0.3 is 59.1 Å². The van der Waals surface area contributed by atoms with Crippen molar-refractivity contribution in [1.82, 2.24) is 4.31 Å². The van der Waals surface area contributed by atoms with Crippen molar-refractivity contribution in [2.24, 2.45) is 40.9 Å². The van der Waals surface area contributed by atoms with Gasteiger partial charge in [0.2, 0.25) is 10.0 Å². The van der Waals surface area contributed by atoms with Gasteiger partial charge in [-0.05, 0) is 201 Å². The molecule has 0 heterocycles. The molecule has 0 atom stereocenters. The maximum atomic E-state index is 12.8. The molecule has 93 heavy (non-hydrogen) atoms. The van der Waals surface area contributed by atoms with Crippen molar-refractivity contribution in [3.63, 3.8) is 0 Å². The van der Waals surface area contributed by atoms with Crippen molar-refractivity contribution in [3.05, 3.63) is 210 Å². The van der Waals surface area contributed by atoms with E-state index in [0.717, 1.165) is 38.6 Å². The normalized spacial score (nSPS) is 12.0. The number of sulfonamides is 1. The SMILES string of the molecule is Cc1cc(N=Nc2c(S(=O)(=O)[O-])cc3cc(Nc4ccccc4)ccc3c2O)c(C)cc1N=Nc1ccc(S(=O)(=O)N(CCO)CCO)cc1.Cc1ccc(N=Nc2cc(C)c(N=Nc3c(S(=O)(=O)[O-])cc4cc(Nc5ccccc5)ccc4c3O)cc2C)cc1.[Na+].[Na+]. The molecule has 23 nitrogen and oxygen atoms in total. The number of benzene rings is 10. The van der Waals surface area contributed by atoms with E-state index in [-0.39, 0.29) is 82.5 Å². The summed E-state index contributed by atoms with van der Waals surface area (Å²) in [6.45, 7) is 7.97. The van der Waals surface area contributed by atoms with E-state index < -0.39 is 76.1 Å². The van der Waals surface area contributed by atoms with Gasteiger partial charge in [-0.3, -0.25) is 0 Å². The molecular formula is C65H59N11Na2O12S3. The second-order valence-electron chi connectivity index (χ2n) is 20.7. The third kappa shape index (κ3) is 18.2. The molecule has 10 rings (SSSR count). The largest absolute Gasteiger partial charge is 1.00 e. The molecule has 28 heteroatoms. The summed E-state index contributed by atoms with van der Waals surface area (Å²) in [6, 6.07) is 51.0. The number of azo groups is 4. The number of nitrogens with one attached hydrogen (secondary N) is 2. The molecule has 0 radical (unpaired) electrons. The van der Waals surface area contributed by atoms with Crippen LogP contribution in [0.15, 0.2) is 238 Å². The number of nitrogens with zero attached hydrogens (tertiary/aromatic N) is 9. The molecule has 0 fully saturated rings. The number of aryl methyl sites for hydroxylation is 5. The molecule has 0 aliphatic heterocycles. The standard InChI is InChI=1S/C34H34N6O8S2.C31H27N5O4S.2Na/c1-22-19-31(23(2)18-30(22)37-36-26-8-11-28(12-9-26)49(44,45)40(14-16-41)15-17-42)38-39-33-32(50(46,47)48)21-24-20-27(10-13-29(24)34(33)43)35-25-6-4-3-5-7-25;1-19-9-11-24(12-10-19)33-34-27-15-21(3)28(16-20(27)2)35-36-30-29(41(38,39)40)18-22-17-25(13-14-26(22)31(30)37)32-23-7-5-4-6-8-23;;/h3-13,18-21,35,41-43H,14-17H2,1-2H3,(H,46,47,48);4-18,32,37H,1-3H3,(H,38,39,40);;/q;;2*+1/p-2. The Kier molecular flexibility index (Phi) is 24.7. The average molecular weight is 1330 g/mol. The Morgan fingerprint density at radius 1 is 0.409 bits per heavy atom. The van der Waals surface area contributed by atoms with Crippen LogP contribution in [0.4, 0.5) is 68.2 Å². The Bertz CT molecular complexity index is 4840. The minimum Gasteiger partial charge on any atom is -0.744 e. The first-order valence-corrected chi connectivity index (χ1v) is 32.1. The smallest absolute Gasteiger partial charge is 0.744 e. The van der Waals surface area contributed by atoms with Crippen LogP contribution < -0.4 is 69.7 Å². The average Bonchev–Trinajstić information content (AvgIpc) is 0.794. The maximum absolute atomic E-state index is 12.8. The van der Waals surface area contributed by atoms with Gasteiger partial charge in [-0.1, -0.05) is 54.1 Å². The number of phenols is 2. The summed E-state index contributed by atoms with van der Waals surface area (Å²) in [5, 5.41) is 81.6. The van der Waals surface area contributed by atoms with Crippen LogP contribution in [-0.2, 0) is 30.3 Å². The van der Waals surface area contributed by atoms with Gasteiger partial charge in [0.25, 0.3) is 0 Å². The van der Waals surface area contributed by atoms with Gasteiger partial charge in [-0.25, -0.2) is 25.3 Å². The van der Waals surface area contributed by atoms with E-state index in [0.29, 0.717) is 72.7 Å². The molecule has 0 amide bonds. The summed E-state index contributed by atoms with van der Waals surface area (Å²) in [7, 11) is -14.0. The number of hydrogen-bond donors (Lipinski definition) is 6. The van der Waals surface area contributed by atoms with Gasteiger partial charge in [0.1, 0.15) is 31.6 Å². The Hall–Kier alpha value is -8.03. The minimum atomic E-state index is -5.07. The van der Waals surface area contributed by atoms with Gasteiger partial charge in [0.05, 0.1) is 62.0 Å². The number of hydrogen-bond acceptors (Lipinski definition) is 22. The minimum absolute atomic E-state index is 0. The van der Waals surface area contributed by atoms with E-state index in [1.165, 1.54) is 30.3 Å². The van der Waals surface area contributed by atoms with Crippen molar-refractivity contribution in [2.75, 3.05) is 36.9 Å². The number of rotatable bonds is 20. The molecule has 0 saturated carbocycles. The van der Waals surface area contributed by atoms with Crippen LogP contribution in [0.5, 0.6) is 11.5 Å². The second-order valence-corrected chi connectivity index (χ2v) is 25.4. The van der Waals surface area contributed by atoms with Crippen molar-refractivity contribution in [2.45, 2.75) is 49.3 Å². The van der Waals surface area contributed by atoms with E-state index >= 15 is 0 Å². The van der Waals surface area contributed by atoms with Crippen molar-refractivity contribution in [3.8, 4) is 11.5 Å². The molecule has 0 aromatic heterocycles. The Morgan fingerprint density at radius 2 is 0.753 bits per heavy atom. The third-order valence-corrected chi connectivity index (χ3v) is 17.7. The zero-order valence-corrected chi connectivity index (χ0v) is 57.9. The van der Waals surface area contributed by atoms with Crippen LogP contribution in [0.3, 0.4) is 0 Å². The van der Waals surface area contributed by atoms with Crippen LogP contribution in [-0.4, -0.2) is 85.4 Å². The quantitative estimate of drug-likeness (QED) is 0.0235. The first-order valence-electron chi connectivity index (χ1n) is 27.8. The fourth-order valence-electron chi connectivity index (χ4n) is 9.26. The number of phenolic OH excluding ortho intramolecular Hbond substituents is 2. The third-order valence-electron chi connectivity index (χ3n) is 14.1. The van der Waals surface area contributed by atoms with Crippen molar-refractivity contribution < 1.29 is 114 Å². The summed E-state index contributed by atoms with van der Waals surface area (Å²) in [5.41, 5.74) is 8.68. The zero-order chi connectivity index (χ0) is 65.2. The predicted molar refractivity (Wildman–Crippen MR) is 346 cm³/mol. The van der Waals surface area contributed by atoms with E-state index in [1.54, 1.807) is 81.4 Å². The number of aliphatic hydroxyl groups is 2. The Balaban J connectivity index is 0.000000262. The van der Waals surface area contributed by atoms with Crippen LogP contribution in [0.2, 0.25) is 0 Å². The molecule has 6 N–H and O–H groups in total. The summed E-state index contributed by atoms with van der Waals surface area (Å²) in [6.07, 6.45) is 0. The van der Waals surface area contributed by atoms with E-state index in [9.17, 15) is 54.8 Å². The number of aromatic hydroxyl groups is 2. The Labute approximate surface area is 581 Å². The van der Waals surface area contributed by atoms with E-state index in [2.05, 4.69) is 51.5 Å². The molecule has 466 valence electrons. The maximum Gasteiger partial charge on any atom is 1.00 e. The first-order chi connectivity index (χ1) is 43.4. The molecular weight excluding hydrogens is 1270 g/mol. The number of anilines is 4. The zero-order valence-electron chi connectivity index (χ0n) is 51.5.